The number of hydrogen-bond donors (Lipinski definition) is 1. The molecular formula is C12H18ClNO2. The summed E-state index contributed by atoms with van der Waals surface area (Å²) in [4.78, 5) is 0. The van der Waals surface area contributed by atoms with E-state index in [9.17, 15) is 0 Å². The monoisotopic (exact) mass is 243 g/mol. The van der Waals surface area contributed by atoms with E-state index in [1.54, 1.807) is 0 Å². The fourth-order valence-corrected chi connectivity index (χ4v) is 1.73. The minimum atomic E-state index is 0. The van der Waals surface area contributed by atoms with Crippen molar-refractivity contribution in [2.75, 3.05) is 19.7 Å². The van der Waals surface area contributed by atoms with Crippen molar-refractivity contribution in [1.29, 1.82) is 0 Å². The molecule has 2 rings (SSSR count). The first kappa shape index (κ1) is 13.1. The first-order chi connectivity index (χ1) is 7.40. The molecule has 0 radical (unpaired) electrons. The molecule has 1 aromatic carbocycles. The van der Waals surface area contributed by atoms with E-state index in [2.05, 4.69) is 5.32 Å². The number of hydrogen-bond acceptors (Lipinski definition) is 3. The summed E-state index contributed by atoms with van der Waals surface area (Å²) in [6.45, 7) is 4.62. The Balaban J connectivity index is 0.00000128. The van der Waals surface area contributed by atoms with E-state index in [4.69, 9.17) is 9.47 Å². The summed E-state index contributed by atoms with van der Waals surface area (Å²) in [5.74, 6) is 1.69. The predicted molar refractivity (Wildman–Crippen MR) is 66.8 cm³/mol. The van der Waals surface area contributed by atoms with E-state index >= 15 is 0 Å². The van der Waals surface area contributed by atoms with Crippen LogP contribution in [-0.4, -0.2) is 25.8 Å². The molecule has 1 saturated heterocycles. The average molecular weight is 244 g/mol. The predicted octanol–water partition coefficient (Wildman–Crippen LogP) is 2.25. The van der Waals surface area contributed by atoms with E-state index in [1.165, 1.54) is 0 Å². The number of rotatable bonds is 4. The molecular weight excluding hydrogens is 226 g/mol. The Kier molecular flexibility index (Phi) is 5.43. The minimum Gasteiger partial charge on any atom is -0.490 e. The third-order valence-electron chi connectivity index (χ3n) is 2.46. The summed E-state index contributed by atoms with van der Waals surface area (Å²) < 4.78 is 11.4. The molecule has 0 aromatic heterocycles. The Morgan fingerprint density at radius 2 is 2.06 bits per heavy atom. The normalized spacial score (nSPS) is 18.9. The fraction of sp³-hybridized carbons (Fsp3) is 0.500. The molecule has 90 valence electrons. The molecule has 1 atom stereocenters. The zero-order valence-corrected chi connectivity index (χ0v) is 10.3. The van der Waals surface area contributed by atoms with Gasteiger partial charge in [0.05, 0.1) is 6.61 Å². The zero-order chi connectivity index (χ0) is 10.5. The van der Waals surface area contributed by atoms with Crippen LogP contribution in [0.4, 0.5) is 0 Å². The summed E-state index contributed by atoms with van der Waals surface area (Å²) in [5, 5.41) is 3.28. The molecule has 3 nitrogen and oxygen atoms in total. The third kappa shape index (κ3) is 3.29. The molecule has 0 aliphatic carbocycles. The van der Waals surface area contributed by atoms with Crippen molar-refractivity contribution in [3.63, 3.8) is 0 Å². The van der Waals surface area contributed by atoms with Gasteiger partial charge in [0, 0.05) is 6.54 Å². The maximum absolute atomic E-state index is 5.87. The standard InChI is InChI=1S/C12H17NO2.ClH/c1-2-14-11-5-3-4-6-12(11)15-10-7-8-13-9-10;/h3-6,10,13H,2,7-9H2,1H3;1H. The number of ether oxygens (including phenoxy) is 2. The van der Waals surface area contributed by atoms with Crippen molar-refractivity contribution < 1.29 is 9.47 Å². The SMILES string of the molecule is CCOc1ccccc1OC1CCNC1.Cl. The van der Waals surface area contributed by atoms with Gasteiger partial charge in [0.25, 0.3) is 0 Å². The van der Waals surface area contributed by atoms with Crippen LogP contribution in [0.25, 0.3) is 0 Å². The van der Waals surface area contributed by atoms with Gasteiger partial charge < -0.3 is 14.8 Å². The lowest BCUT2D eigenvalue weighted by Gasteiger charge is -2.15. The molecule has 1 aromatic rings. The Hall–Kier alpha value is -0.930. The van der Waals surface area contributed by atoms with Crippen LogP contribution < -0.4 is 14.8 Å². The van der Waals surface area contributed by atoms with Crippen LogP contribution in [0.2, 0.25) is 0 Å². The zero-order valence-electron chi connectivity index (χ0n) is 9.44. The molecule has 1 aliphatic heterocycles. The van der Waals surface area contributed by atoms with Gasteiger partial charge in [-0.1, -0.05) is 12.1 Å². The third-order valence-corrected chi connectivity index (χ3v) is 2.46. The molecule has 0 saturated carbocycles. The van der Waals surface area contributed by atoms with E-state index < -0.39 is 0 Å². The molecule has 1 heterocycles. The highest BCUT2D eigenvalue weighted by Crippen LogP contribution is 2.28. The van der Waals surface area contributed by atoms with Crippen molar-refractivity contribution in [3.05, 3.63) is 24.3 Å². The second kappa shape index (κ2) is 6.61. The van der Waals surface area contributed by atoms with Crippen molar-refractivity contribution >= 4 is 12.4 Å². The minimum absolute atomic E-state index is 0. The quantitative estimate of drug-likeness (QED) is 0.880. The van der Waals surface area contributed by atoms with Crippen LogP contribution in [0.15, 0.2) is 24.3 Å². The maximum Gasteiger partial charge on any atom is 0.161 e. The summed E-state index contributed by atoms with van der Waals surface area (Å²) in [6.07, 6.45) is 1.35. The van der Waals surface area contributed by atoms with Crippen molar-refractivity contribution in [2.24, 2.45) is 0 Å². The van der Waals surface area contributed by atoms with E-state index in [-0.39, 0.29) is 18.5 Å². The molecule has 0 amide bonds. The Labute approximate surface area is 103 Å². The van der Waals surface area contributed by atoms with Crippen molar-refractivity contribution in [3.8, 4) is 11.5 Å². The van der Waals surface area contributed by atoms with Gasteiger partial charge in [0.1, 0.15) is 6.10 Å². The lowest BCUT2D eigenvalue weighted by atomic mass is 10.3. The van der Waals surface area contributed by atoms with Gasteiger partial charge in [-0.3, -0.25) is 0 Å². The highest BCUT2D eigenvalue weighted by molar-refractivity contribution is 5.85. The average Bonchev–Trinajstić information content (AvgIpc) is 2.74. The Bertz CT molecular complexity index is 314. The molecule has 1 aliphatic rings. The second-order valence-corrected chi connectivity index (χ2v) is 3.61. The molecule has 1 unspecified atom stereocenters. The molecule has 0 bridgehead atoms. The van der Waals surface area contributed by atoms with Crippen LogP contribution in [0, 0.1) is 0 Å². The highest BCUT2D eigenvalue weighted by atomic mass is 35.5. The number of benzene rings is 1. The smallest absolute Gasteiger partial charge is 0.161 e. The maximum atomic E-state index is 5.87. The largest absolute Gasteiger partial charge is 0.490 e. The summed E-state index contributed by atoms with van der Waals surface area (Å²) >= 11 is 0. The number of nitrogens with one attached hydrogen (secondary N) is 1. The van der Waals surface area contributed by atoms with E-state index in [0.717, 1.165) is 31.0 Å². The molecule has 1 fully saturated rings. The van der Waals surface area contributed by atoms with Gasteiger partial charge in [-0.2, -0.15) is 0 Å². The van der Waals surface area contributed by atoms with Gasteiger partial charge in [-0.05, 0) is 32.0 Å². The van der Waals surface area contributed by atoms with Crippen molar-refractivity contribution in [2.45, 2.75) is 19.4 Å². The Morgan fingerprint density at radius 3 is 2.69 bits per heavy atom. The van der Waals surface area contributed by atoms with Crippen LogP contribution >= 0.6 is 12.4 Å². The lowest BCUT2D eigenvalue weighted by molar-refractivity contribution is 0.208. The highest BCUT2D eigenvalue weighted by Gasteiger charge is 2.17. The van der Waals surface area contributed by atoms with E-state index in [1.807, 2.05) is 31.2 Å². The summed E-state index contributed by atoms with van der Waals surface area (Å²) in [5.41, 5.74) is 0. The van der Waals surface area contributed by atoms with Gasteiger partial charge >= 0.3 is 0 Å². The van der Waals surface area contributed by atoms with Gasteiger partial charge in [0.15, 0.2) is 11.5 Å². The van der Waals surface area contributed by atoms with Crippen LogP contribution in [0.5, 0.6) is 11.5 Å². The van der Waals surface area contributed by atoms with Gasteiger partial charge in [0.2, 0.25) is 0 Å². The van der Waals surface area contributed by atoms with Crippen LogP contribution in [0.3, 0.4) is 0 Å². The van der Waals surface area contributed by atoms with Gasteiger partial charge in [-0.15, -0.1) is 12.4 Å². The summed E-state index contributed by atoms with van der Waals surface area (Å²) in [7, 11) is 0. The van der Waals surface area contributed by atoms with E-state index in [0.29, 0.717) is 6.61 Å². The lowest BCUT2D eigenvalue weighted by Crippen LogP contribution is -2.19. The first-order valence-corrected chi connectivity index (χ1v) is 5.49. The fourth-order valence-electron chi connectivity index (χ4n) is 1.73. The van der Waals surface area contributed by atoms with Crippen LogP contribution in [-0.2, 0) is 0 Å². The topological polar surface area (TPSA) is 30.5 Å². The number of para-hydroxylation sites is 2. The summed E-state index contributed by atoms with van der Waals surface area (Å²) in [6, 6.07) is 7.84. The van der Waals surface area contributed by atoms with Crippen molar-refractivity contribution in [1.82, 2.24) is 5.32 Å². The van der Waals surface area contributed by atoms with Gasteiger partial charge in [-0.25, -0.2) is 0 Å². The second-order valence-electron chi connectivity index (χ2n) is 3.61. The molecule has 4 heteroatoms. The molecule has 16 heavy (non-hydrogen) atoms. The molecule has 0 spiro atoms. The first-order valence-electron chi connectivity index (χ1n) is 5.49. The van der Waals surface area contributed by atoms with Crippen LogP contribution in [0.1, 0.15) is 13.3 Å². The molecule has 1 N–H and O–H groups in total. The number of halogens is 1. The Morgan fingerprint density at radius 1 is 1.31 bits per heavy atom.